The van der Waals surface area contributed by atoms with E-state index < -0.39 is 28.1 Å². The Morgan fingerprint density at radius 2 is 2.20 bits per heavy atom. The molecular formula is C11H11N3O5S. The SMILES string of the molecule is N#Cc1ccc(S(=O)(=O)N2C[C@H](O)C[C@@H]2C(=O)O)cn1. The number of hydrogen-bond donors (Lipinski definition) is 2. The molecule has 1 saturated heterocycles. The lowest BCUT2D eigenvalue weighted by atomic mass is 10.2. The van der Waals surface area contributed by atoms with Gasteiger partial charge in [0.05, 0.1) is 6.10 Å². The number of carboxylic acids is 1. The number of aromatic nitrogens is 1. The molecule has 0 spiro atoms. The molecule has 1 aliphatic heterocycles. The third kappa shape index (κ3) is 2.49. The second kappa shape index (κ2) is 5.16. The molecule has 0 unspecified atom stereocenters. The Bertz CT molecular complexity index is 664. The number of rotatable bonds is 3. The van der Waals surface area contributed by atoms with Crippen molar-refractivity contribution in [2.45, 2.75) is 23.5 Å². The minimum absolute atomic E-state index is 0.0557. The molecule has 1 aromatic heterocycles. The summed E-state index contributed by atoms with van der Waals surface area (Å²) in [5, 5.41) is 27.1. The zero-order valence-electron chi connectivity index (χ0n) is 10.2. The maximum Gasteiger partial charge on any atom is 0.322 e. The van der Waals surface area contributed by atoms with Crippen molar-refractivity contribution in [1.82, 2.24) is 9.29 Å². The number of β-amino-alcohol motifs (C(OH)–C–C–N with tert-alkyl or cyclic N) is 1. The maximum atomic E-state index is 12.3. The van der Waals surface area contributed by atoms with Crippen molar-refractivity contribution in [2.24, 2.45) is 0 Å². The smallest absolute Gasteiger partial charge is 0.322 e. The number of nitriles is 1. The van der Waals surface area contributed by atoms with Gasteiger partial charge in [-0.1, -0.05) is 0 Å². The third-order valence-electron chi connectivity index (χ3n) is 2.98. The van der Waals surface area contributed by atoms with Crippen LogP contribution in [0.25, 0.3) is 0 Å². The molecule has 0 amide bonds. The Morgan fingerprint density at radius 3 is 2.70 bits per heavy atom. The van der Waals surface area contributed by atoms with Crippen LogP contribution in [0.2, 0.25) is 0 Å². The Balaban J connectivity index is 2.38. The van der Waals surface area contributed by atoms with E-state index in [1.165, 1.54) is 12.1 Å². The van der Waals surface area contributed by atoms with Gasteiger partial charge < -0.3 is 10.2 Å². The molecule has 2 heterocycles. The van der Waals surface area contributed by atoms with E-state index >= 15 is 0 Å². The summed E-state index contributed by atoms with van der Waals surface area (Å²) >= 11 is 0. The summed E-state index contributed by atoms with van der Waals surface area (Å²) in [5.74, 6) is -1.31. The van der Waals surface area contributed by atoms with Crippen LogP contribution in [0.15, 0.2) is 23.2 Å². The zero-order valence-corrected chi connectivity index (χ0v) is 11.0. The summed E-state index contributed by atoms with van der Waals surface area (Å²) in [6, 6.07) is 2.87. The van der Waals surface area contributed by atoms with Gasteiger partial charge in [0.15, 0.2) is 0 Å². The van der Waals surface area contributed by atoms with Gasteiger partial charge in [0, 0.05) is 19.2 Å². The summed E-state index contributed by atoms with van der Waals surface area (Å²) in [7, 11) is -4.07. The van der Waals surface area contributed by atoms with E-state index in [-0.39, 0.29) is 23.6 Å². The minimum Gasteiger partial charge on any atom is -0.480 e. The van der Waals surface area contributed by atoms with Crippen LogP contribution in [0, 0.1) is 11.3 Å². The van der Waals surface area contributed by atoms with Gasteiger partial charge >= 0.3 is 5.97 Å². The highest BCUT2D eigenvalue weighted by Crippen LogP contribution is 2.26. The van der Waals surface area contributed by atoms with Gasteiger partial charge in [0.2, 0.25) is 10.0 Å². The summed E-state index contributed by atoms with van der Waals surface area (Å²) in [6.07, 6.45) is -0.173. The first-order chi connectivity index (χ1) is 9.36. The van der Waals surface area contributed by atoms with E-state index in [0.717, 1.165) is 10.5 Å². The molecule has 1 aromatic rings. The van der Waals surface area contributed by atoms with Crippen molar-refractivity contribution in [3.8, 4) is 6.07 Å². The van der Waals surface area contributed by atoms with Crippen LogP contribution < -0.4 is 0 Å². The number of pyridine rings is 1. The lowest BCUT2D eigenvalue weighted by molar-refractivity contribution is -0.140. The number of aliphatic hydroxyl groups excluding tert-OH is 1. The fourth-order valence-electron chi connectivity index (χ4n) is 2.01. The average molecular weight is 297 g/mol. The van der Waals surface area contributed by atoms with E-state index in [9.17, 15) is 18.3 Å². The van der Waals surface area contributed by atoms with Gasteiger partial charge in [0.25, 0.3) is 0 Å². The van der Waals surface area contributed by atoms with Crippen LogP contribution in [0.5, 0.6) is 0 Å². The molecule has 0 aliphatic carbocycles. The van der Waals surface area contributed by atoms with Gasteiger partial charge in [-0.3, -0.25) is 4.79 Å². The van der Waals surface area contributed by atoms with Crippen LogP contribution in [0.4, 0.5) is 0 Å². The Morgan fingerprint density at radius 1 is 1.50 bits per heavy atom. The van der Waals surface area contributed by atoms with Crippen LogP contribution in [-0.2, 0) is 14.8 Å². The largest absolute Gasteiger partial charge is 0.480 e. The molecule has 0 aromatic carbocycles. The molecule has 0 saturated carbocycles. The normalized spacial score (nSPS) is 23.4. The Hall–Kier alpha value is -2.02. The van der Waals surface area contributed by atoms with Gasteiger partial charge in [-0.2, -0.15) is 9.57 Å². The number of sulfonamides is 1. The molecule has 1 aliphatic rings. The molecule has 0 bridgehead atoms. The number of carbonyl (C=O) groups is 1. The monoisotopic (exact) mass is 297 g/mol. The van der Waals surface area contributed by atoms with E-state index in [0.29, 0.717) is 0 Å². The average Bonchev–Trinajstić information content (AvgIpc) is 2.82. The van der Waals surface area contributed by atoms with Crippen LogP contribution in [-0.4, -0.2) is 52.6 Å². The number of aliphatic carboxylic acids is 1. The predicted molar refractivity (Wildman–Crippen MR) is 64.9 cm³/mol. The number of aliphatic hydroxyl groups is 1. The minimum atomic E-state index is -4.07. The first-order valence-corrected chi connectivity index (χ1v) is 7.09. The summed E-state index contributed by atoms with van der Waals surface area (Å²) < 4.78 is 25.4. The summed E-state index contributed by atoms with van der Waals surface area (Å²) in [5.41, 5.74) is 0.0557. The van der Waals surface area contributed by atoms with Crippen LogP contribution in [0.3, 0.4) is 0 Å². The van der Waals surface area contributed by atoms with E-state index in [4.69, 9.17) is 10.4 Å². The highest BCUT2D eigenvalue weighted by atomic mass is 32.2. The van der Waals surface area contributed by atoms with Crippen molar-refractivity contribution in [1.29, 1.82) is 5.26 Å². The second-order valence-electron chi connectivity index (χ2n) is 4.31. The highest BCUT2D eigenvalue weighted by molar-refractivity contribution is 7.89. The molecule has 9 heteroatoms. The lowest BCUT2D eigenvalue weighted by Crippen LogP contribution is -2.40. The summed E-state index contributed by atoms with van der Waals surface area (Å²) in [4.78, 5) is 14.5. The van der Waals surface area contributed by atoms with Crippen LogP contribution in [0.1, 0.15) is 12.1 Å². The molecule has 1 fully saturated rings. The highest BCUT2D eigenvalue weighted by Gasteiger charge is 2.43. The molecular weight excluding hydrogens is 286 g/mol. The third-order valence-corrected chi connectivity index (χ3v) is 4.83. The van der Waals surface area contributed by atoms with Gasteiger partial charge in [0.1, 0.15) is 22.7 Å². The maximum absolute atomic E-state index is 12.3. The summed E-state index contributed by atoms with van der Waals surface area (Å²) in [6.45, 7) is -0.278. The van der Waals surface area contributed by atoms with E-state index in [1.807, 2.05) is 0 Å². The van der Waals surface area contributed by atoms with E-state index in [1.54, 1.807) is 6.07 Å². The number of hydrogen-bond acceptors (Lipinski definition) is 6. The first-order valence-electron chi connectivity index (χ1n) is 5.65. The fraction of sp³-hybridized carbons (Fsp3) is 0.364. The van der Waals surface area contributed by atoms with Crippen molar-refractivity contribution in [3.63, 3.8) is 0 Å². The topological polar surface area (TPSA) is 132 Å². The number of nitrogens with zero attached hydrogens (tertiary/aromatic N) is 3. The molecule has 2 atom stereocenters. The van der Waals surface area contributed by atoms with Crippen molar-refractivity contribution >= 4 is 16.0 Å². The fourth-order valence-corrected chi connectivity index (χ4v) is 3.59. The molecule has 0 radical (unpaired) electrons. The molecule has 2 N–H and O–H groups in total. The Kier molecular flexibility index (Phi) is 3.71. The zero-order chi connectivity index (χ0) is 14.9. The van der Waals surface area contributed by atoms with Gasteiger partial charge in [-0.15, -0.1) is 0 Å². The van der Waals surface area contributed by atoms with Crippen molar-refractivity contribution in [2.75, 3.05) is 6.54 Å². The van der Waals surface area contributed by atoms with Gasteiger partial charge in [-0.05, 0) is 12.1 Å². The predicted octanol–water partition coefficient (Wildman–Crippen LogP) is -0.838. The molecule has 106 valence electrons. The van der Waals surface area contributed by atoms with Crippen LogP contribution >= 0.6 is 0 Å². The molecule has 8 nitrogen and oxygen atoms in total. The first kappa shape index (κ1) is 14.4. The Labute approximate surface area is 114 Å². The second-order valence-corrected chi connectivity index (χ2v) is 6.20. The number of carboxylic acid groups (broad SMARTS) is 1. The van der Waals surface area contributed by atoms with Crippen molar-refractivity contribution in [3.05, 3.63) is 24.0 Å². The van der Waals surface area contributed by atoms with Crippen molar-refractivity contribution < 1.29 is 23.4 Å². The molecule has 20 heavy (non-hydrogen) atoms. The van der Waals surface area contributed by atoms with E-state index in [2.05, 4.69) is 4.98 Å². The lowest BCUT2D eigenvalue weighted by Gasteiger charge is -2.20. The quantitative estimate of drug-likeness (QED) is 0.743. The standard InChI is InChI=1S/C11H11N3O5S/c12-4-7-1-2-9(5-13-7)20(18,19)14-6-8(15)3-10(14)11(16)17/h1-2,5,8,10,15H,3,6H2,(H,16,17)/t8-,10-/m1/s1. The van der Waals surface area contributed by atoms with Gasteiger partial charge in [-0.25, -0.2) is 13.4 Å². The molecule has 2 rings (SSSR count).